The van der Waals surface area contributed by atoms with Crippen LogP contribution in [0.5, 0.6) is 5.75 Å². The summed E-state index contributed by atoms with van der Waals surface area (Å²) in [4.78, 5) is 30.6. The van der Waals surface area contributed by atoms with Crippen LogP contribution in [-0.2, 0) is 9.53 Å². The molecule has 1 N–H and O–H groups in total. The van der Waals surface area contributed by atoms with Gasteiger partial charge in [-0.15, -0.1) is 11.3 Å². The predicted molar refractivity (Wildman–Crippen MR) is 118 cm³/mol. The summed E-state index contributed by atoms with van der Waals surface area (Å²) in [5.74, 6) is -0.636. The number of Topliss-reactive ketones (excluding diaryl/α,β-unsaturated/α-hetero) is 1. The van der Waals surface area contributed by atoms with E-state index in [-0.39, 0.29) is 11.4 Å². The lowest BCUT2D eigenvalue weighted by Gasteiger charge is -2.31. The summed E-state index contributed by atoms with van der Waals surface area (Å²) < 4.78 is 11.0. The zero-order valence-corrected chi connectivity index (χ0v) is 18.3. The van der Waals surface area contributed by atoms with Gasteiger partial charge in [-0.25, -0.2) is 0 Å². The largest absolute Gasteiger partial charge is 0.503 e. The van der Waals surface area contributed by atoms with Crippen LogP contribution in [0.4, 0.5) is 0 Å². The number of aliphatic hydroxyl groups excluding tert-OH is 1. The smallest absolute Gasteiger partial charge is 0.290 e. The molecule has 2 aliphatic rings. The number of carbonyl (C=O) groups excluding carboxylic acids is 2. The molecule has 31 heavy (non-hydrogen) atoms. The summed E-state index contributed by atoms with van der Waals surface area (Å²) in [7, 11) is 0. The standard InChI is InChI=1S/C23H26N2O5S/c1-2-30-17-6-3-5-16(15-17)20-19(21(26)18-7-4-14-31-18)22(27)23(28)25(20)9-8-24-10-12-29-13-11-24/h3-7,14-15,20,27H,2,8-13H2,1H3/t20-/m1/s1. The van der Waals surface area contributed by atoms with Crippen LogP contribution in [0.2, 0.25) is 0 Å². The minimum Gasteiger partial charge on any atom is -0.503 e. The lowest BCUT2D eigenvalue weighted by Crippen LogP contribution is -2.43. The van der Waals surface area contributed by atoms with Crippen molar-refractivity contribution >= 4 is 23.0 Å². The van der Waals surface area contributed by atoms with Gasteiger partial charge in [0.1, 0.15) is 5.75 Å². The second kappa shape index (κ2) is 9.64. The van der Waals surface area contributed by atoms with Crippen molar-refractivity contribution < 1.29 is 24.2 Å². The van der Waals surface area contributed by atoms with Crippen LogP contribution >= 0.6 is 11.3 Å². The molecule has 2 aliphatic heterocycles. The maximum absolute atomic E-state index is 13.3. The summed E-state index contributed by atoms with van der Waals surface area (Å²) in [6.07, 6.45) is 0. The van der Waals surface area contributed by atoms with Gasteiger partial charge in [0.2, 0.25) is 5.78 Å². The molecule has 164 valence electrons. The van der Waals surface area contributed by atoms with Crippen molar-refractivity contribution in [1.82, 2.24) is 9.80 Å². The molecule has 0 aliphatic carbocycles. The van der Waals surface area contributed by atoms with E-state index >= 15 is 0 Å². The third kappa shape index (κ3) is 4.51. The summed E-state index contributed by atoms with van der Waals surface area (Å²) in [5, 5.41) is 12.6. The van der Waals surface area contributed by atoms with Crippen LogP contribution in [0.1, 0.15) is 28.2 Å². The van der Waals surface area contributed by atoms with Gasteiger partial charge in [-0.1, -0.05) is 18.2 Å². The SMILES string of the molecule is CCOc1cccc([C@@H]2C(C(=O)c3cccs3)=C(O)C(=O)N2CCN2CCOCC2)c1. The summed E-state index contributed by atoms with van der Waals surface area (Å²) >= 11 is 1.30. The normalized spacial score (nSPS) is 19.8. The second-order valence-corrected chi connectivity index (χ2v) is 8.38. The van der Waals surface area contributed by atoms with Gasteiger partial charge in [-0.05, 0) is 36.1 Å². The van der Waals surface area contributed by atoms with E-state index in [4.69, 9.17) is 9.47 Å². The average Bonchev–Trinajstić information content (AvgIpc) is 3.41. The Bertz CT molecular complexity index is 966. The van der Waals surface area contributed by atoms with Gasteiger partial charge in [0, 0.05) is 26.2 Å². The third-order valence-electron chi connectivity index (χ3n) is 5.54. The molecular weight excluding hydrogens is 416 g/mol. The van der Waals surface area contributed by atoms with Gasteiger partial charge in [0.05, 0.1) is 36.3 Å². The van der Waals surface area contributed by atoms with Crippen LogP contribution in [-0.4, -0.2) is 72.6 Å². The first-order valence-corrected chi connectivity index (χ1v) is 11.3. The Balaban J connectivity index is 1.67. The Kier molecular flexibility index (Phi) is 6.70. The van der Waals surface area contributed by atoms with E-state index < -0.39 is 17.7 Å². The van der Waals surface area contributed by atoms with E-state index in [0.29, 0.717) is 43.5 Å². The van der Waals surface area contributed by atoms with E-state index in [1.165, 1.54) is 11.3 Å². The lowest BCUT2D eigenvalue weighted by molar-refractivity contribution is -0.129. The number of benzene rings is 1. The molecule has 0 radical (unpaired) electrons. The molecule has 0 bridgehead atoms. The average molecular weight is 443 g/mol. The van der Waals surface area contributed by atoms with Crippen molar-refractivity contribution in [3.05, 3.63) is 63.6 Å². The van der Waals surface area contributed by atoms with Crippen molar-refractivity contribution in [2.75, 3.05) is 46.0 Å². The molecule has 1 fully saturated rings. The molecule has 7 nitrogen and oxygen atoms in total. The van der Waals surface area contributed by atoms with Crippen LogP contribution in [0.3, 0.4) is 0 Å². The molecule has 1 saturated heterocycles. The Morgan fingerprint density at radius 3 is 2.74 bits per heavy atom. The maximum Gasteiger partial charge on any atom is 0.290 e. The molecule has 1 atom stereocenters. The van der Waals surface area contributed by atoms with Crippen LogP contribution in [0.25, 0.3) is 0 Å². The first kappa shape index (κ1) is 21.5. The zero-order chi connectivity index (χ0) is 21.8. The highest BCUT2D eigenvalue weighted by Gasteiger charge is 2.44. The zero-order valence-electron chi connectivity index (χ0n) is 17.5. The summed E-state index contributed by atoms with van der Waals surface area (Å²) in [6, 6.07) is 10.2. The second-order valence-electron chi connectivity index (χ2n) is 7.43. The lowest BCUT2D eigenvalue weighted by atomic mass is 9.95. The third-order valence-corrected chi connectivity index (χ3v) is 6.41. The Morgan fingerprint density at radius 1 is 1.23 bits per heavy atom. The van der Waals surface area contributed by atoms with Crippen molar-refractivity contribution in [3.63, 3.8) is 0 Å². The topological polar surface area (TPSA) is 79.3 Å². The van der Waals surface area contributed by atoms with Gasteiger partial charge >= 0.3 is 0 Å². The first-order chi connectivity index (χ1) is 15.1. The van der Waals surface area contributed by atoms with E-state index in [0.717, 1.165) is 18.7 Å². The molecule has 0 saturated carbocycles. The van der Waals surface area contributed by atoms with E-state index in [2.05, 4.69) is 4.90 Å². The van der Waals surface area contributed by atoms with E-state index in [1.54, 1.807) is 17.0 Å². The Hall–Kier alpha value is -2.68. The fourth-order valence-electron chi connectivity index (χ4n) is 4.02. The van der Waals surface area contributed by atoms with Crippen molar-refractivity contribution in [1.29, 1.82) is 0 Å². The number of morpholine rings is 1. The number of hydrogen-bond donors (Lipinski definition) is 1. The highest BCUT2D eigenvalue weighted by atomic mass is 32.1. The Labute approximate surface area is 185 Å². The molecule has 0 spiro atoms. The number of ether oxygens (including phenoxy) is 2. The van der Waals surface area contributed by atoms with Crippen LogP contribution in [0.15, 0.2) is 53.1 Å². The minimum atomic E-state index is -0.663. The highest BCUT2D eigenvalue weighted by molar-refractivity contribution is 7.12. The monoisotopic (exact) mass is 442 g/mol. The highest BCUT2D eigenvalue weighted by Crippen LogP contribution is 2.40. The van der Waals surface area contributed by atoms with Crippen molar-refractivity contribution in [3.8, 4) is 5.75 Å². The predicted octanol–water partition coefficient (Wildman–Crippen LogP) is 3.06. The molecular formula is C23H26N2O5S. The minimum absolute atomic E-state index is 0.128. The van der Waals surface area contributed by atoms with Gasteiger partial charge in [0.25, 0.3) is 5.91 Å². The van der Waals surface area contributed by atoms with Gasteiger partial charge in [0.15, 0.2) is 5.76 Å². The summed E-state index contributed by atoms with van der Waals surface area (Å²) in [5.41, 5.74) is 0.869. The molecule has 0 unspecified atom stereocenters. The fraction of sp³-hybridized carbons (Fsp3) is 0.391. The van der Waals surface area contributed by atoms with Crippen LogP contribution in [0, 0.1) is 0 Å². The molecule has 3 heterocycles. The molecule has 1 amide bonds. The Morgan fingerprint density at radius 2 is 2.03 bits per heavy atom. The van der Waals surface area contributed by atoms with E-state index in [1.807, 2.05) is 36.6 Å². The number of rotatable bonds is 8. The summed E-state index contributed by atoms with van der Waals surface area (Å²) in [6.45, 7) is 6.38. The van der Waals surface area contributed by atoms with E-state index in [9.17, 15) is 14.7 Å². The molecule has 2 aromatic rings. The first-order valence-electron chi connectivity index (χ1n) is 10.4. The van der Waals surface area contributed by atoms with Gasteiger partial charge in [-0.3, -0.25) is 14.5 Å². The van der Waals surface area contributed by atoms with Gasteiger partial charge < -0.3 is 19.5 Å². The molecule has 1 aromatic heterocycles. The quantitative estimate of drug-likeness (QED) is 0.633. The number of aliphatic hydroxyl groups is 1. The molecule has 8 heteroatoms. The maximum atomic E-state index is 13.3. The number of amides is 1. The van der Waals surface area contributed by atoms with Crippen molar-refractivity contribution in [2.24, 2.45) is 0 Å². The van der Waals surface area contributed by atoms with Crippen LogP contribution < -0.4 is 4.74 Å². The number of carbonyl (C=O) groups is 2. The number of thiophene rings is 1. The van der Waals surface area contributed by atoms with Crippen molar-refractivity contribution in [2.45, 2.75) is 13.0 Å². The fourth-order valence-corrected chi connectivity index (χ4v) is 4.70. The molecule has 4 rings (SSSR count). The number of hydrogen-bond acceptors (Lipinski definition) is 7. The van der Waals surface area contributed by atoms with Gasteiger partial charge in [-0.2, -0.15) is 0 Å². The number of nitrogens with zero attached hydrogens (tertiary/aromatic N) is 2. The number of ketones is 1. The molecule has 1 aromatic carbocycles.